The molecule has 1 amide bonds. The minimum Gasteiger partial charge on any atom is -0.357 e. The quantitative estimate of drug-likeness (QED) is 0.676. The third kappa shape index (κ3) is 1.87. The summed E-state index contributed by atoms with van der Waals surface area (Å²) in [6, 6.07) is 0. The lowest BCUT2D eigenvalue weighted by Gasteiger charge is -2.17. The van der Waals surface area contributed by atoms with Crippen LogP contribution < -0.4 is 10.2 Å². The van der Waals surface area contributed by atoms with Gasteiger partial charge in [-0.15, -0.1) is 0 Å². The summed E-state index contributed by atoms with van der Waals surface area (Å²) < 4.78 is 0. The standard InChI is InChI=1S/C9H11ClN4O/c1-5-7-8(13-9(10)11-5)14(2)4-3-6(15)12-7/h3-4H2,1-2H3,(H,12,15). The highest BCUT2D eigenvalue weighted by atomic mass is 35.5. The van der Waals surface area contributed by atoms with E-state index < -0.39 is 0 Å². The van der Waals surface area contributed by atoms with Crippen LogP contribution in [-0.4, -0.2) is 29.5 Å². The molecule has 0 spiro atoms. The lowest BCUT2D eigenvalue weighted by atomic mass is 10.3. The van der Waals surface area contributed by atoms with Crippen molar-refractivity contribution in [2.24, 2.45) is 0 Å². The minimum atomic E-state index is -0.0189. The van der Waals surface area contributed by atoms with Gasteiger partial charge in [0.05, 0.1) is 5.69 Å². The fourth-order valence-electron chi connectivity index (χ4n) is 1.52. The molecule has 0 unspecified atom stereocenters. The predicted octanol–water partition coefficient (Wildman–Crippen LogP) is 1.22. The smallest absolute Gasteiger partial charge is 0.226 e. The van der Waals surface area contributed by atoms with Crippen molar-refractivity contribution in [3.05, 3.63) is 11.0 Å². The first-order chi connectivity index (χ1) is 7.08. The van der Waals surface area contributed by atoms with Gasteiger partial charge in [0.25, 0.3) is 0 Å². The van der Waals surface area contributed by atoms with Crippen LogP contribution in [0.15, 0.2) is 0 Å². The molecule has 15 heavy (non-hydrogen) atoms. The summed E-state index contributed by atoms with van der Waals surface area (Å²) in [5, 5.41) is 2.99. The highest BCUT2D eigenvalue weighted by Gasteiger charge is 2.20. The lowest BCUT2D eigenvalue weighted by molar-refractivity contribution is -0.115. The highest BCUT2D eigenvalue weighted by Crippen LogP contribution is 2.28. The second-order valence-electron chi connectivity index (χ2n) is 3.50. The number of nitrogens with zero attached hydrogens (tertiary/aromatic N) is 3. The summed E-state index contributed by atoms with van der Waals surface area (Å²) in [6.07, 6.45) is 0.448. The molecule has 1 aromatic rings. The van der Waals surface area contributed by atoms with Gasteiger partial charge in [-0.25, -0.2) is 4.98 Å². The molecule has 80 valence electrons. The number of amides is 1. The van der Waals surface area contributed by atoms with E-state index in [0.717, 1.165) is 0 Å². The zero-order chi connectivity index (χ0) is 11.0. The highest BCUT2D eigenvalue weighted by molar-refractivity contribution is 6.28. The minimum absolute atomic E-state index is 0.0189. The zero-order valence-electron chi connectivity index (χ0n) is 8.54. The average Bonchev–Trinajstić information content (AvgIpc) is 2.30. The summed E-state index contributed by atoms with van der Waals surface area (Å²) >= 11 is 5.78. The summed E-state index contributed by atoms with van der Waals surface area (Å²) in [6.45, 7) is 2.43. The molecule has 1 N–H and O–H groups in total. The average molecular weight is 227 g/mol. The molecule has 0 radical (unpaired) electrons. The van der Waals surface area contributed by atoms with Gasteiger partial charge in [0, 0.05) is 20.0 Å². The van der Waals surface area contributed by atoms with E-state index in [4.69, 9.17) is 11.6 Å². The molecule has 1 aliphatic rings. The summed E-state index contributed by atoms with van der Waals surface area (Å²) in [4.78, 5) is 21.4. The maximum Gasteiger partial charge on any atom is 0.226 e. The molecule has 0 saturated heterocycles. The van der Waals surface area contributed by atoms with E-state index in [0.29, 0.717) is 30.2 Å². The molecule has 0 bridgehead atoms. The van der Waals surface area contributed by atoms with Crippen LogP contribution in [0.3, 0.4) is 0 Å². The molecule has 1 aromatic heterocycles. The number of carbonyl (C=O) groups is 1. The van der Waals surface area contributed by atoms with E-state index in [1.807, 2.05) is 11.9 Å². The number of aryl methyl sites for hydroxylation is 1. The number of anilines is 2. The first-order valence-corrected chi connectivity index (χ1v) is 5.01. The van der Waals surface area contributed by atoms with Crippen LogP contribution in [0, 0.1) is 6.92 Å². The molecular weight excluding hydrogens is 216 g/mol. The van der Waals surface area contributed by atoms with Crippen molar-refractivity contribution in [3.8, 4) is 0 Å². The van der Waals surface area contributed by atoms with Crippen molar-refractivity contribution >= 4 is 29.0 Å². The summed E-state index contributed by atoms with van der Waals surface area (Å²) in [5.41, 5.74) is 1.34. The van der Waals surface area contributed by atoms with Crippen LogP contribution in [0.2, 0.25) is 5.28 Å². The van der Waals surface area contributed by atoms with Gasteiger partial charge >= 0.3 is 0 Å². The fraction of sp³-hybridized carbons (Fsp3) is 0.444. The number of nitrogens with one attached hydrogen (secondary N) is 1. The number of hydrogen-bond donors (Lipinski definition) is 1. The van der Waals surface area contributed by atoms with Gasteiger partial charge in [-0.2, -0.15) is 4.98 Å². The molecule has 6 heteroatoms. The number of rotatable bonds is 0. The summed E-state index contributed by atoms with van der Waals surface area (Å²) in [7, 11) is 1.88. The Bertz CT molecular complexity index is 421. The molecule has 1 aliphatic heterocycles. The first kappa shape index (κ1) is 10.2. The van der Waals surface area contributed by atoms with E-state index in [-0.39, 0.29) is 11.2 Å². The Morgan fingerprint density at radius 2 is 2.20 bits per heavy atom. The van der Waals surface area contributed by atoms with Gasteiger partial charge in [0.15, 0.2) is 5.82 Å². The maximum absolute atomic E-state index is 11.4. The van der Waals surface area contributed by atoms with Crippen molar-refractivity contribution in [2.75, 3.05) is 23.8 Å². The van der Waals surface area contributed by atoms with Gasteiger partial charge in [-0.05, 0) is 18.5 Å². The van der Waals surface area contributed by atoms with Crippen molar-refractivity contribution in [1.82, 2.24) is 9.97 Å². The Morgan fingerprint density at radius 1 is 1.47 bits per heavy atom. The molecule has 2 heterocycles. The number of aromatic nitrogens is 2. The van der Waals surface area contributed by atoms with E-state index >= 15 is 0 Å². The Hall–Kier alpha value is -1.36. The Morgan fingerprint density at radius 3 is 2.93 bits per heavy atom. The van der Waals surface area contributed by atoms with Crippen LogP contribution in [0.5, 0.6) is 0 Å². The van der Waals surface area contributed by atoms with Crippen molar-refractivity contribution in [1.29, 1.82) is 0 Å². The van der Waals surface area contributed by atoms with E-state index in [2.05, 4.69) is 15.3 Å². The van der Waals surface area contributed by atoms with Crippen LogP contribution in [0.4, 0.5) is 11.5 Å². The molecule has 0 aliphatic carbocycles. The van der Waals surface area contributed by atoms with E-state index in [1.54, 1.807) is 6.92 Å². The topological polar surface area (TPSA) is 58.1 Å². The van der Waals surface area contributed by atoms with Crippen LogP contribution in [-0.2, 0) is 4.79 Å². The SMILES string of the molecule is Cc1nc(Cl)nc2c1NC(=O)CCN2C. The molecule has 0 saturated carbocycles. The molecular formula is C9H11ClN4O. The first-order valence-electron chi connectivity index (χ1n) is 4.63. The second-order valence-corrected chi connectivity index (χ2v) is 3.83. The van der Waals surface area contributed by atoms with Crippen molar-refractivity contribution < 1.29 is 4.79 Å². The monoisotopic (exact) mass is 226 g/mol. The summed E-state index contributed by atoms with van der Waals surface area (Å²) in [5.74, 6) is 0.660. The van der Waals surface area contributed by atoms with Gasteiger partial charge in [0.1, 0.15) is 5.69 Å². The Kier molecular flexibility index (Phi) is 2.48. The van der Waals surface area contributed by atoms with Gasteiger partial charge in [-0.3, -0.25) is 4.79 Å². The third-order valence-electron chi connectivity index (χ3n) is 2.34. The van der Waals surface area contributed by atoms with Gasteiger partial charge < -0.3 is 10.2 Å². The molecule has 5 nitrogen and oxygen atoms in total. The zero-order valence-corrected chi connectivity index (χ0v) is 9.30. The van der Waals surface area contributed by atoms with Crippen molar-refractivity contribution in [3.63, 3.8) is 0 Å². The second kappa shape index (κ2) is 3.66. The molecule has 0 fully saturated rings. The van der Waals surface area contributed by atoms with E-state index in [9.17, 15) is 4.79 Å². The largest absolute Gasteiger partial charge is 0.357 e. The van der Waals surface area contributed by atoms with Gasteiger partial charge in [0.2, 0.25) is 11.2 Å². The Balaban J connectivity index is 2.56. The molecule has 0 atom stereocenters. The normalized spacial score (nSPS) is 15.7. The lowest BCUT2D eigenvalue weighted by Crippen LogP contribution is -2.19. The maximum atomic E-state index is 11.4. The number of hydrogen-bond acceptors (Lipinski definition) is 4. The van der Waals surface area contributed by atoms with Crippen molar-refractivity contribution in [2.45, 2.75) is 13.3 Å². The van der Waals surface area contributed by atoms with Crippen LogP contribution >= 0.6 is 11.6 Å². The number of fused-ring (bicyclic) bond motifs is 1. The predicted molar refractivity (Wildman–Crippen MR) is 58.3 cm³/mol. The third-order valence-corrected chi connectivity index (χ3v) is 2.51. The molecule has 0 aromatic carbocycles. The number of halogens is 1. The van der Waals surface area contributed by atoms with Gasteiger partial charge in [-0.1, -0.05) is 0 Å². The Labute approximate surface area is 92.5 Å². The fourth-order valence-corrected chi connectivity index (χ4v) is 1.73. The molecule has 2 rings (SSSR count). The number of carbonyl (C=O) groups excluding carboxylic acids is 1. The van der Waals surface area contributed by atoms with E-state index in [1.165, 1.54) is 0 Å². The van der Waals surface area contributed by atoms with Crippen LogP contribution in [0.25, 0.3) is 0 Å². The van der Waals surface area contributed by atoms with Crippen LogP contribution in [0.1, 0.15) is 12.1 Å².